The Morgan fingerprint density at radius 3 is 2.85 bits per heavy atom. The van der Waals surface area contributed by atoms with E-state index in [0.717, 1.165) is 31.6 Å². The fourth-order valence-corrected chi connectivity index (χ4v) is 3.41. The number of fused-ring (bicyclic) bond motifs is 1. The SMILES string of the molecule is CC1CN(C(=O)c2ccc3c(c2)CCN3)CC1N(C)C. The summed E-state index contributed by atoms with van der Waals surface area (Å²) in [6.07, 6.45) is 1.02. The molecule has 2 aliphatic heterocycles. The number of carbonyl (C=O) groups excluding carboxylic acids is 1. The van der Waals surface area contributed by atoms with Crippen LogP contribution in [0.3, 0.4) is 0 Å². The van der Waals surface area contributed by atoms with E-state index in [9.17, 15) is 4.79 Å². The van der Waals surface area contributed by atoms with Gasteiger partial charge < -0.3 is 15.1 Å². The van der Waals surface area contributed by atoms with Crippen LogP contribution < -0.4 is 5.32 Å². The number of hydrogen-bond donors (Lipinski definition) is 1. The van der Waals surface area contributed by atoms with Crippen molar-refractivity contribution >= 4 is 11.6 Å². The molecule has 1 aromatic carbocycles. The summed E-state index contributed by atoms with van der Waals surface area (Å²) in [5, 5.41) is 3.33. The minimum absolute atomic E-state index is 0.177. The number of nitrogens with zero attached hydrogens (tertiary/aromatic N) is 2. The van der Waals surface area contributed by atoms with Crippen molar-refractivity contribution in [2.45, 2.75) is 19.4 Å². The lowest BCUT2D eigenvalue weighted by Crippen LogP contribution is -2.35. The van der Waals surface area contributed by atoms with Gasteiger partial charge in [0.1, 0.15) is 0 Å². The van der Waals surface area contributed by atoms with Crippen LogP contribution in [0.25, 0.3) is 0 Å². The highest BCUT2D eigenvalue weighted by atomic mass is 16.2. The van der Waals surface area contributed by atoms with Crippen LogP contribution in [0.5, 0.6) is 0 Å². The highest BCUT2D eigenvalue weighted by Crippen LogP contribution is 2.26. The second-order valence-electron chi connectivity index (χ2n) is 6.27. The summed E-state index contributed by atoms with van der Waals surface area (Å²) in [6.45, 7) is 4.90. The predicted octanol–water partition coefficient (Wildman–Crippen LogP) is 1.68. The van der Waals surface area contributed by atoms with E-state index >= 15 is 0 Å². The highest BCUT2D eigenvalue weighted by molar-refractivity contribution is 5.95. The summed E-state index contributed by atoms with van der Waals surface area (Å²) in [4.78, 5) is 16.9. The molecule has 1 amide bonds. The van der Waals surface area contributed by atoms with Crippen molar-refractivity contribution in [1.29, 1.82) is 0 Å². The third-order valence-electron chi connectivity index (χ3n) is 4.59. The van der Waals surface area contributed by atoms with Crippen LogP contribution in [0, 0.1) is 5.92 Å². The maximum absolute atomic E-state index is 12.6. The first-order valence-electron chi connectivity index (χ1n) is 7.39. The molecule has 0 spiro atoms. The summed E-state index contributed by atoms with van der Waals surface area (Å²) in [5.41, 5.74) is 3.29. The Labute approximate surface area is 120 Å². The molecular weight excluding hydrogens is 250 g/mol. The maximum atomic E-state index is 12.6. The van der Waals surface area contributed by atoms with Crippen LogP contribution in [0.2, 0.25) is 0 Å². The van der Waals surface area contributed by atoms with Gasteiger partial charge in [-0.2, -0.15) is 0 Å². The van der Waals surface area contributed by atoms with Crippen molar-refractivity contribution in [2.75, 3.05) is 39.0 Å². The van der Waals surface area contributed by atoms with Crippen molar-refractivity contribution < 1.29 is 4.79 Å². The number of likely N-dealkylation sites (N-methyl/N-ethyl adjacent to an activating group) is 1. The van der Waals surface area contributed by atoms with E-state index in [1.54, 1.807) is 0 Å². The molecule has 0 bridgehead atoms. The minimum atomic E-state index is 0.177. The minimum Gasteiger partial charge on any atom is -0.384 e. The first kappa shape index (κ1) is 13.4. The zero-order valence-corrected chi connectivity index (χ0v) is 12.5. The van der Waals surface area contributed by atoms with E-state index in [1.165, 1.54) is 11.3 Å². The van der Waals surface area contributed by atoms with Crippen molar-refractivity contribution in [2.24, 2.45) is 5.92 Å². The fourth-order valence-electron chi connectivity index (χ4n) is 3.41. The Kier molecular flexibility index (Phi) is 3.42. The van der Waals surface area contributed by atoms with Gasteiger partial charge in [-0.25, -0.2) is 0 Å². The van der Waals surface area contributed by atoms with Crippen molar-refractivity contribution in [3.8, 4) is 0 Å². The third kappa shape index (κ3) is 2.29. The molecule has 1 fully saturated rings. The predicted molar refractivity (Wildman–Crippen MR) is 81.2 cm³/mol. The highest BCUT2D eigenvalue weighted by Gasteiger charge is 2.34. The molecule has 1 aromatic rings. The Balaban J connectivity index is 1.77. The number of carbonyl (C=O) groups is 1. The molecule has 0 aliphatic carbocycles. The molecule has 2 heterocycles. The number of rotatable bonds is 2. The molecule has 20 heavy (non-hydrogen) atoms. The first-order valence-corrected chi connectivity index (χ1v) is 7.39. The summed E-state index contributed by atoms with van der Waals surface area (Å²) >= 11 is 0. The molecule has 3 rings (SSSR count). The summed E-state index contributed by atoms with van der Waals surface area (Å²) in [5.74, 6) is 0.709. The number of amides is 1. The average molecular weight is 273 g/mol. The van der Waals surface area contributed by atoms with Gasteiger partial charge in [0, 0.05) is 36.9 Å². The molecule has 2 atom stereocenters. The van der Waals surface area contributed by atoms with Crippen molar-refractivity contribution in [1.82, 2.24) is 9.80 Å². The Bertz CT molecular complexity index is 526. The van der Waals surface area contributed by atoms with Crippen LogP contribution in [-0.2, 0) is 6.42 Å². The Morgan fingerprint density at radius 1 is 1.35 bits per heavy atom. The number of nitrogens with one attached hydrogen (secondary N) is 1. The van der Waals surface area contributed by atoms with Crippen molar-refractivity contribution in [3.05, 3.63) is 29.3 Å². The summed E-state index contributed by atoms with van der Waals surface area (Å²) < 4.78 is 0. The fraction of sp³-hybridized carbons (Fsp3) is 0.562. The molecule has 1 N–H and O–H groups in total. The Morgan fingerprint density at radius 2 is 2.15 bits per heavy atom. The largest absolute Gasteiger partial charge is 0.384 e. The molecule has 1 saturated heterocycles. The molecule has 0 saturated carbocycles. The summed E-state index contributed by atoms with van der Waals surface area (Å²) in [7, 11) is 4.19. The molecule has 4 heteroatoms. The molecule has 2 unspecified atom stereocenters. The van der Waals surface area contributed by atoms with Gasteiger partial charge in [-0.15, -0.1) is 0 Å². The maximum Gasteiger partial charge on any atom is 0.253 e. The van der Waals surface area contributed by atoms with E-state index in [4.69, 9.17) is 0 Å². The lowest BCUT2D eigenvalue weighted by molar-refractivity contribution is 0.0781. The van der Waals surface area contributed by atoms with Gasteiger partial charge >= 0.3 is 0 Å². The average Bonchev–Trinajstić information content (AvgIpc) is 3.02. The molecule has 2 aliphatic rings. The van der Waals surface area contributed by atoms with Crippen molar-refractivity contribution in [3.63, 3.8) is 0 Å². The molecule has 0 aromatic heterocycles. The zero-order valence-electron chi connectivity index (χ0n) is 12.5. The monoisotopic (exact) mass is 273 g/mol. The van der Waals surface area contributed by atoms with Gasteiger partial charge in [-0.1, -0.05) is 6.92 Å². The van der Waals surface area contributed by atoms with Gasteiger partial charge in [-0.05, 0) is 50.2 Å². The number of likely N-dealkylation sites (tertiary alicyclic amines) is 1. The molecule has 108 valence electrons. The molecular formula is C16H23N3O. The van der Waals surface area contributed by atoms with Gasteiger partial charge in [0.05, 0.1) is 0 Å². The standard InChI is InChI=1S/C16H23N3O/c1-11-9-19(10-15(11)18(2)3)16(20)13-4-5-14-12(8-13)6-7-17-14/h4-5,8,11,15,17H,6-7,9-10H2,1-3H3. The van der Waals surface area contributed by atoms with Gasteiger partial charge in [-0.3, -0.25) is 4.79 Å². The van der Waals surface area contributed by atoms with Crippen LogP contribution in [-0.4, -0.2) is 55.5 Å². The van der Waals surface area contributed by atoms with E-state index in [-0.39, 0.29) is 5.91 Å². The third-order valence-corrected chi connectivity index (χ3v) is 4.59. The van der Waals surface area contributed by atoms with Gasteiger partial charge in [0.2, 0.25) is 0 Å². The molecule has 0 radical (unpaired) electrons. The van der Waals surface area contributed by atoms with E-state index in [2.05, 4.69) is 37.3 Å². The quantitative estimate of drug-likeness (QED) is 0.890. The second kappa shape index (κ2) is 5.09. The number of anilines is 1. The van der Waals surface area contributed by atoms with E-state index < -0.39 is 0 Å². The number of hydrogen-bond acceptors (Lipinski definition) is 3. The first-order chi connectivity index (χ1) is 9.56. The number of benzene rings is 1. The molecule has 4 nitrogen and oxygen atoms in total. The Hall–Kier alpha value is -1.55. The topological polar surface area (TPSA) is 35.6 Å². The van der Waals surface area contributed by atoms with Crippen LogP contribution >= 0.6 is 0 Å². The smallest absolute Gasteiger partial charge is 0.253 e. The lowest BCUT2D eigenvalue weighted by atomic mass is 10.1. The summed E-state index contributed by atoms with van der Waals surface area (Å²) in [6, 6.07) is 6.52. The lowest BCUT2D eigenvalue weighted by Gasteiger charge is -2.22. The zero-order chi connectivity index (χ0) is 14.3. The van der Waals surface area contributed by atoms with Crippen LogP contribution in [0.15, 0.2) is 18.2 Å². The van der Waals surface area contributed by atoms with E-state index in [0.29, 0.717) is 12.0 Å². The van der Waals surface area contributed by atoms with Crippen LogP contribution in [0.4, 0.5) is 5.69 Å². The van der Waals surface area contributed by atoms with Gasteiger partial charge in [0.15, 0.2) is 0 Å². The van der Waals surface area contributed by atoms with E-state index in [1.807, 2.05) is 17.0 Å². The second-order valence-corrected chi connectivity index (χ2v) is 6.27. The van der Waals surface area contributed by atoms with Crippen LogP contribution in [0.1, 0.15) is 22.8 Å². The normalized spacial score (nSPS) is 24.9. The van der Waals surface area contributed by atoms with Gasteiger partial charge in [0.25, 0.3) is 5.91 Å².